The zero-order valence-electron chi connectivity index (χ0n) is 12.0. The lowest BCUT2D eigenvalue weighted by molar-refractivity contribution is 0.0735. The number of benzene rings is 1. The van der Waals surface area contributed by atoms with Gasteiger partial charge in [0.05, 0.1) is 11.8 Å². The van der Waals surface area contributed by atoms with Gasteiger partial charge in [-0.25, -0.2) is 4.39 Å². The highest BCUT2D eigenvalue weighted by atomic mass is 35.5. The second-order valence-electron chi connectivity index (χ2n) is 5.48. The Hall–Kier alpha value is -1.94. The van der Waals surface area contributed by atoms with Gasteiger partial charge in [-0.15, -0.1) is 0 Å². The first-order valence-electron chi connectivity index (χ1n) is 7.30. The molecule has 1 aromatic heterocycles. The lowest BCUT2D eigenvalue weighted by Crippen LogP contribution is -2.37. The molecule has 2 heterocycles. The number of halogens is 2. The molecule has 5 heteroatoms. The van der Waals surface area contributed by atoms with E-state index in [1.807, 2.05) is 24.3 Å². The van der Waals surface area contributed by atoms with Crippen LogP contribution in [0.3, 0.4) is 0 Å². The van der Waals surface area contributed by atoms with E-state index in [4.69, 9.17) is 11.6 Å². The highest BCUT2D eigenvalue weighted by Gasteiger charge is 2.30. The molecular formula is C17H16ClFN2O. The first kappa shape index (κ1) is 15.0. The molecule has 1 fully saturated rings. The van der Waals surface area contributed by atoms with Crippen molar-refractivity contribution in [2.45, 2.75) is 25.3 Å². The molecule has 1 saturated heterocycles. The van der Waals surface area contributed by atoms with E-state index in [-0.39, 0.29) is 11.9 Å². The molecule has 114 valence electrons. The summed E-state index contributed by atoms with van der Waals surface area (Å²) in [5.41, 5.74) is 1.33. The number of aromatic nitrogens is 1. The lowest BCUT2D eigenvalue weighted by atomic mass is 10.0. The summed E-state index contributed by atoms with van der Waals surface area (Å²) in [7, 11) is 0. The number of pyridine rings is 1. The van der Waals surface area contributed by atoms with Crippen molar-refractivity contribution in [3.8, 4) is 0 Å². The molecule has 0 bridgehead atoms. The Morgan fingerprint density at radius 2 is 2.18 bits per heavy atom. The largest absolute Gasteiger partial charge is 0.335 e. The van der Waals surface area contributed by atoms with Crippen LogP contribution in [0.5, 0.6) is 0 Å². The molecule has 0 saturated carbocycles. The summed E-state index contributed by atoms with van der Waals surface area (Å²) in [6.45, 7) is 0.685. The minimum Gasteiger partial charge on any atom is -0.335 e. The summed E-state index contributed by atoms with van der Waals surface area (Å²) in [6.07, 6.45) is 5.11. The van der Waals surface area contributed by atoms with Crippen LogP contribution in [0.1, 0.15) is 28.8 Å². The third kappa shape index (κ3) is 3.12. The van der Waals surface area contributed by atoms with E-state index in [2.05, 4.69) is 4.98 Å². The number of nitrogens with zero attached hydrogens (tertiary/aromatic N) is 2. The van der Waals surface area contributed by atoms with Crippen molar-refractivity contribution in [2.24, 2.45) is 0 Å². The van der Waals surface area contributed by atoms with Crippen LogP contribution in [0, 0.1) is 5.82 Å². The summed E-state index contributed by atoms with van der Waals surface area (Å²) >= 11 is 6.20. The molecule has 3 nitrogen and oxygen atoms in total. The van der Waals surface area contributed by atoms with Gasteiger partial charge in [0.15, 0.2) is 0 Å². The fraction of sp³-hybridized carbons (Fsp3) is 0.294. The Kier molecular flexibility index (Phi) is 4.39. The van der Waals surface area contributed by atoms with E-state index >= 15 is 0 Å². The molecule has 1 unspecified atom stereocenters. The van der Waals surface area contributed by atoms with Crippen molar-refractivity contribution in [1.29, 1.82) is 0 Å². The average molecular weight is 319 g/mol. The molecular weight excluding hydrogens is 303 g/mol. The molecule has 1 amide bonds. The van der Waals surface area contributed by atoms with Crippen molar-refractivity contribution in [2.75, 3.05) is 6.54 Å². The third-order valence-corrected chi connectivity index (χ3v) is 4.37. The Morgan fingerprint density at radius 1 is 1.36 bits per heavy atom. The summed E-state index contributed by atoms with van der Waals surface area (Å²) in [5, 5.41) is 0.717. The maximum atomic E-state index is 13.3. The van der Waals surface area contributed by atoms with Crippen LogP contribution in [0.25, 0.3) is 0 Å². The highest BCUT2D eigenvalue weighted by molar-refractivity contribution is 6.31. The normalized spacial score (nSPS) is 17.7. The number of carbonyl (C=O) groups excluding carboxylic acids is 1. The molecule has 0 spiro atoms. The first-order valence-corrected chi connectivity index (χ1v) is 7.68. The van der Waals surface area contributed by atoms with Gasteiger partial charge in [0.25, 0.3) is 5.91 Å². The van der Waals surface area contributed by atoms with Gasteiger partial charge in [0.2, 0.25) is 0 Å². The minimum atomic E-state index is -0.493. The Morgan fingerprint density at radius 3 is 2.95 bits per heavy atom. The average Bonchev–Trinajstić information content (AvgIpc) is 2.97. The predicted molar refractivity (Wildman–Crippen MR) is 83.4 cm³/mol. The predicted octanol–water partition coefficient (Wildman–Crippen LogP) is 3.72. The van der Waals surface area contributed by atoms with Crippen molar-refractivity contribution < 1.29 is 9.18 Å². The minimum absolute atomic E-state index is 0.0932. The van der Waals surface area contributed by atoms with Crippen LogP contribution in [0.4, 0.5) is 4.39 Å². The van der Waals surface area contributed by atoms with Gasteiger partial charge < -0.3 is 4.90 Å². The smallest absolute Gasteiger partial charge is 0.255 e. The van der Waals surface area contributed by atoms with Gasteiger partial charge >= 0.3 is 0 Å². The molecule has 0 N–H and O–H groups in total. The molecule has 0 aliphatic carbocycles. The maximum absolute atomic E-state index is 13.3. The van der Waals surface area contributed by atoms with E-state index in [1.54, 1.807) is 4.90 Å². The monoisotopic (exact) mass is 318 g/mol. The number of rotatable bonds is 3. The number of likely N-dealkylation sites (tertiary alicyclic amines) is 1. The van der Waals surface area contributed by atoms with Gasteiger partial charge in [0.1, 0.15) is 5.82 Å². The van der Waals surface area contributed by atoms with E-state index in [0.29, 0.717) is 23.6 Å². The third-order valence-electron chi connectivity index (χ3n) is 4.00. The molecule has 22 heavy (non-hydrogen) atoms. The zero-order chi connectivity index (χ0) is 15.5. The van der Waals surface area contributed by atoms with E-state index in [0.717, 1.165) is 24.6 Å². The molecule has 2 aromatic rings. The second-order valence-corrected chi connectivity index (χ2v) is 5.89. The lowest BCUT2D eigenvalue weighted by Gasteiger charge is -2.25. The van der Waals surface area contributed by atoms with Crippen LogP contribution in [-0.2, 0) is 6.42 Å². The molecule has 0 radical (unpaired) electrons. The quantitative estimate of drug-likeness (QED) is 0.864. The van der Waals surface area contributed by atoms with Crippen LogP contribution in [-0.4, -0.2) is 28.4 Å². The van der Waals surface area contributed by atoms with Gasteiger partial charge in [0, 0.05) is 23.8 Å². The van der Waals surface area contributed by atoms with E-state index < -0.39 is 5.82 Å². The Labute approximate surface area is 133 Å². The second kappa shape index (κ2) is 6.44. The number of carbonyl (C=O) groups is 1. The summed E-state index contributed by atoms with van der Waals surface area (Å²) in [5.74, 6) is -0.658. The fourth-order valence-corrected chi connectivity index (χ4v) is 3.14. The fourth-order valence-electron chi connectivity index (χ4n) is 2.93. The van der Waals surface area contributed by atoms with Gasteiger partial charge in [-0.1, -0.05) is 29.8 Å². The van der Waals surface area contributed by atoms with Crippen molar-refractivity contribution >= 4 is 17.5 Å². The van der Waals surface area contributed by atoms with Crippen LogP contribution >= 0.6 is 11.6 Å². The van der Waals surface area contributed by atoms with Gasteiger partial charge in [-0.3, -0.25) is 9.78 Å². The van der Waals surface area contributed by atoms with Gasteiger partial charge in [-0.05, 0) is 37.0 Å². The molecule has 1 aliphatic rings. The molecule has 1 aliphatic heterocycles. The first-order chi connectivity index (χ1) is 10.6. The van der Waals surface area contributed by atoms with Crippen LogP contribution in [0.15, 0.2) is 42.7 Å². The van der Waals surface area contributed by atoms with Crippen LogP contribution in [0.2, 0.25) is 5.02 Å². The van der Waals surface area contributed by atoms with E-state index in [1.165, 1.54) is 12.3 Å². The number of hydrogen-bond donors (Lipinski definition) is 0. The summed E-state index contributed by atoms with van der Waals surface area (Å²) in [6, 6.07) is 9.00. The summed E-state index contributed by atoms with van der Waals surface area (Å²) in [4.78, 5) is 18.1. The number of hydrogen-bond acceptors (Lipinski definition) is 2. The Balaban J connectivity index is 1.78. The number of amides is 1. The Bertz CT molecular complexity index is 692. The standard InChI is InChI=1S/C17H16ClFN2O/c18-16-6-2-1-4-12(16)9-15-5-3-7-21(15)17(22)13-8-14(19)11-20-10-13/h1-2,4,6,8,10-11,15H,3,5,7,9H2. The molecule has 3 rings (SSSR count). The van der Waals surface area contributed by atoms with Gasteiger partial charge in [-0.2, -0.15) is 0 Å². The van der Waals surface area contributed by atoms with Crippen molar-refractivity contribution in [3.63, 3.8) is 0 Å². The highest BCUT2D eigenvalue weighted by Crippen LogP contribution is 2.26. The maximum Gasteiger partial charge on any atom is 0.255 e. The van der Waals surface area contributed by atoms with Crippen molar-refractivity contribution in [1.82, 2.24) is 9.88 Å². The SMILES string of the molecule is O=C(c1cncc(F)c1)N1CCCC1Cc1ccccc1Cl. The zero-order valence-corrected chi connectivity index (χ0v) is 12.8. The van der Waals surface area contributed by atoms with Crippen molar-refractivity contribution in [3.05, 3.63) is 64.7 Å². The molecule has 1 atom stereocenters. The van der Waals surface area contributed by atoms with Crippen LogP contribution < -0.4 is 0 Å². The topological polar surface area (TPSA) is 33.2 Å². The molecule has 1 aromatic carbocycles. The summed E-state index contributed by atoms with van der Waals surface area (Å²) < 4.78 is 13.3. The van der Waals surface area contributed by atoms with E-state index in [9.17, 15) is 9.18 Å².